The molecule has 1 aliphatic carbocycles. The Morgan fingerprint density at radius 2 is 1.94 bits per heavy atom. The van der Waals surface area contributed by atoms with Crippen molar-refractivity contribution in [3.63, 3.8) is 0 Å². The molecule has 0 aromatic heterocycles. The molecule has 1 fully saturated rings. The molecule has 94 valence electrons. The highest BCUT2D eigenvalue weighted by Crippen LogP contribution is 2.30. The highest BCUT2D eigenvalue weighted by atomic mass is 79.9. The van der Waals surface area contributed by atoms with Gasteiger partial charge in [0.05, 0.1) is 6.61 Å². The molecule has 1 saturated carbocycles. The Labute approximate surface area is 110 Å². The second kappa shape index (κ2) is 5.96. The maximum Gasteiger partial charge on any atom is 0.133 e. The van der Waals surface area contributed by atoms with E-state index in [4.69, 9.17) is 5.11 Å². The van der Waals surface area contributed by atoms with Crippen LogP contribution in [0.1, 0.15) is 43.2 Å². The second-order valence-electron chi connectivity index (χ2n) is 4.87. The van der Waals surface area contributed by atoms with Crippen molar-refractivity contribution in [3.05, 3.63) is 33.5 Å². The number of hydrogen-bond acceptors (Lipinski definition) is 1. The van der Waals surface area contributed by atoms with Crippen LogP contribution in [0.4, 0.5) is 4.39 Å². The Morgan fingerprint density at radius 3 is 2.59 bits per heavy atom. The van der Waals surface area contributed by atoms with Crippen LogP contribution < -0.4 is 0 Å². The molecule has 0 bridgehead atoms. The van der Waals surface area contributed by atoms with Gasteiger partial charge in [-0.15, -0.1) is 0 Å². The Balaban J connectivity index is 2.15. The zero-order chi connectivity index (χ0) is 12.3. The monoisotopic (exact) mass is 300 g/mol. The maximum absolute atomic E-state index is 14.1. The first-order valence-electron chi connectivity index (χ1n) is 6.29. The van der Waals surface area contributed by atoms with Gasteiger partial charge in [-0.05, 0) is 24.0 Å². The van der Waals surface area contributed by atoms with E-state index >= 15 is 0 Å². The number of aliphatic hydroxyl groups excluding tert-OH is 1. The molecule has 1 aromatic rings. The van der Waals surface area contributed by atoms with Crippen molar-refractivity contribution < 1.29 is 9.50 Å². The van der Waals surface area contributed by atoms with Crippen molar-refractivity contribution in [1.82, 2.24) is 0 Å². The summed E-state index contributed by atoms with van der Waals surface area (Å²) in [5.74, 6) is 0.387. The minimum atomic E-state index is -0.245. The van der Waals surface area contributed by atoms with E-state index in [1.54, 1.807) is 0 Å². The van der Waals surface area contributed by atoms with E-state index in [1.165, 1.54) is 32.1 Å². The van der Waals surface area contributed by atoms with Crippen LogP contribution in [-0.2, 0) is 13.0 Å². The predicted octanol–water partition coefficient (Wildman–Crippen LogP) is 4.20. The number of rotatable bonds is 3. The lowest BCUT2D eigenvalue weighted by Gasteiger charge is -2.22. The maximum atomic E-state index is 14.1. The summed E-state index contributed by atoms with van der Waals surface area (Å²) in [7, 11) is 0. The van der Waals surface area contributed by atoms with Crippen LogP contribution in [-0.4, -0.2) is 5.11 Å². The van der Waals surface area contributed by atoms with E-state index in [0.29, 0.717) is 16.0 Å². The summed E-state index contributed by atoms with van der Waals surface area (Å²) < 4.78 is 14.8. The van der Waals surface area contributed by atoms with Gasteiger partial charge < -0.3 is 5.11 Å². The van der Waals surface area contributed by atoms with Gasteiger partial charge >= 0.3 is 0 Å². The van der Waals surface area contributed by atoms with Gasteiger partial charge in [-0.1, -0.05) is 54.1 Å². The normalized spacial score (nSPS) is 17.4. The number of benzene rings is 1. The predicted molar refractivity (Wildman–Crippen MR) is 70.3 cm³/mol. The minimum absolute atomic E-state index is 0.229. The third-order valence-corrected chi connectivity index (χ3v) is 4.40. The lowest BCUT2D eigenvalue weighted by molar-refractivity contribution is 0.273. The smallest absolute Gasteiger partial charge is 0.133 e. The Morgan fingerprint density at radius 1 is 1.24 bits per heavy atom. The van der Waals surface area contributed by atoms with Crippen LogP contribution in [0.25, 0.3) is 0 Å². The molecule has 2 rings (SSSR count). The van der Waals surface area contributed by atoms with Crippen molar-refractivity contribution in [2.24, 2.45) is 5.92 Å². The van der Waals surface area contributed by atoms with Crippen LogP contribution in [0.3, 0.4) is 0 Å². The molecular weight excluding hydrogens is 283 g/mol. The van der Waals surface area contributed by atoms with Crippen molar-refractivity contribution in [1.29, 1.82) is 0 Å². The van der Waals surface area contributed by atoms with Gasteiger partial charge in [-0.3, -0.25) is 0 Å². The van der Waals surface area contributed by atoms with Crippen LogP contribution >= 0.6 is 15.9 Å². The van der Waals surface area contributed by atoms with Crippen LogP contribution in [0.15, 0.2) is 16.6 Å². The molecule has 0 atom stereocenters. The molecule has 17 heavy (non-hydrogen) atoms. The zero-order valence-electron chi connectivity index (χ0n) is 9.88. The SMILES string of the molecule is OCc1c(Br)ccc(CC2CCCCC2)c1F. The standard InChI is InChI=1S/C14H18BrFO/c15-13-7-6-11(14(16)12(13)9-17)8-10-4-2-1-3-5-10/h6-7,10,17H,1-5,8-9H2. The quantitative estimate of drug-likeness (QED) is 0.887. The molecule has 0 amide bonds. The molecule has 0 spiro atoms. The van der Waals surface area contributed by atoms with Gasteiger partial charge in [-0.2, -0.15) is 0 Å². The molecule has 3 heteroatoms. The minimum Gasteiger partial charge on any atom is -0.392 e. The molecule has 1 aromatic carbocycles. The number of halogens is 2. The fourth-order valence-electron chi connectivity index (χ4n) is 2.65. The topological polar surface area (TPSA) is 20.2 Å². The Hall–Kier alpha value is -0.410. The van der Waals surface area contributed by atoms with Gasteiger partial charge in [0.1, 0.15) is 5.82 Å². The van der Waals surface area contributed by atoms with E-state index in [0.717, 1.165) is 12.0 Å². The van der Waals surface area contributed by atoms with E-state index in [-0.39, 0.29) is 12.4 Å². The van der Waals surface area contributed by atoms with Crippen molar-refractivity contribution in [3.8, 4) is 0 Å². The van der Waals surface area contributed by atoms with E-state index in [9.17, 15) is 4.39 Å². The average Bonchev–Trinajstić information content (AvgIpc) is 2.35. The highest BCUT2D eigenvalue weighted by Gasteiger charge is 2.18. The third-order valence-electron chi connectivity index (χ3n) is 3.66. The second-order valence-corrected chi connectivity index (χ2v) is 5.72. The molecule has 0 unspecified atom stereocenters. The van der Waals surface area contributed by atoms with Gasteiger partial charge in [0, 0.05) is 10.0 Å². The lowest BCUT2D eigenvalue weighted by Crippen LogP contribution is -2.11. The van der Waals surface area contributed by atoms with Gasteiger partial charge in [0.15, 0.2) is 0 Å². The van der Waals surface area contributed by atoms with E-state index < -0.39 is 0 Å². The summed E-state index contributed by atoms with van der Waals surface area (Å²) in [5, 5.41) is 9.16. The van der Waals surface area contributed by atoms with Gasteiger partial charge in [0.25, 0.3) is 0 Å². The van der Waals surface area contributed by atoms with Gasteiger partial charge in [0.2, 0.25) is 0 Å². The molecule has 0 aliphatic heterocycles. The fourth-order valence-corrected chi connectivity index (χ4v) is 3.08. The van der Waals surface area contributed by atoms with Gasteiger partial charge in [-0.25, -0.2) is 4.39 Å². The largest absolute Gasteiger partial charge is 0.392 e. The molecule has 0 saturated heterocycles. The summed E-state index contributed by atoms with van der Waals surface area (Å²) in [4.78, 5) is 0. The number of hydrogen-bond donors (Lipinski definition) is 1. The molecule has 0 heterocycles. The van der Waals surface area contributed by atoms with Crippen LogP contribution in [0.5, 0.6) is 0 Å². The summed E-state index contributed by atoms with van der Waals surface area (Å²) in [6.45, 7) is -0.245. The van der Waals surface area contributed by atoms with Crippen molar-refractivity contribution in [2.75, 3.05) is 0 Å². The summed E-state index contributed by atoms with van der Waals surface area (Å²) >= 11 is 3.27. The highest BCUT2D eigenvalue weighted by molar-refractivity contribution is 9.10. The van der Waals surface area contributed by atoms with Crippen molar-refractivity contribution >= 4 is 15.9 Å². The summed E-state index contributed by atoms with van der Waals surface area (Å²) in [5.41, 5.74) is 1.14. The van der Waals surface area contributed by atoms with Crippen molar-refractivity contribution in [2.45, 2.75) is 45.1 Å². The first-order valence-corrected chi connectivity index (χ1v) is 7.08. The third kappa shape index (κ3) is 3.08. The number of aliphatic hydroxyl groups is 1. The first kappa shape index (κ1) is 13.0. The molecule has 1 nitrogen and oxygen atoms in total. The van der Waals surface area contributed by atoms with E-state index in [1.807, 2.05) is 12.1 Å². The van der Waals surface area contributed by atoms with Crippen LogP contribution in [0.2, 0.25) is 0 Å². The molecular formula is C14H18BrFO. The first-order chi connectivity index (χ1) is 8.22. The van der Waals surface area contributed by atoms with Crippen LogP contribution in [0, 0.1) is 11.7 Å². The fraction of sp³-hybridized carbons (Fsp3) is 0.571. The Bertz CT molecular complexity index is 386. The van der Waals surface area contributed by atoms with E-state index in [2.05, 4.69) is 15.9 Å². The summed E-state index contributed by atoms with van der Waals surface area (Å²) in [6.07, 6.45) is 7.10. The Kier molecular flexibility index (Phi) is 4.57. The average molecular weight is 301 g/mol. The lowest BCUT2D eigenvalue weighted by atomic mass is 9.84. The summed E-state index contributed by atoms with van der Waals surface area (Å²) in [6, 6.07) is 3.68. The molecule has 1 aliphatic rings. The molecule has 0 radical (unpaired) electrons. The zero-order valence-corrected chi connectivity index (χ0v) is 11.5. The molecule has 1 N–H and O–H groups in total.